The highest BCUT2D eigenvalue weighted by atomic mass is 16.6. The summed E-state index contributed by atoms with van der Waals surface area (Å²) in [6.07, 6.45) is 1.49. The van der Waals surface area contributed by atoms with E-state index in [1.54, 1.807) is 49.4 Å². The Morgan fingerprint density at radius 1 is 1.14 bits per heavy atom. The van der Waals surface area contributed by atoms with Crippen molar-refractivity contribution in [2.24, 2.45) is 0 Å². The summed E-state index contributed by atoms with van der Waals surface area (Å²) in [5.74, 6) is -0.508. The number of carbonyl (C=O) groups is 1. The van der Waals surface area contributed by atoms with Crippen LogP contribution in [0.5, 0.6) is 0 Å². The number of ether oxygens (including phenoxy) is 1. The van der Waals surface area contributed by atoms with E-state index in [2.05, 4.69) is 0 Å². The van der Waals surface area contributed by atoms with Crippen LogP contribution in [-0.4, -0.2) is 17.5 Å². The van der Waals surface area contributed by atoms with Gasteiger partial charge >= 0.3 is 5.97 Å². The van der Waals surface area contributed by atoms with Gasteiger partial charge in [0.05, 0.1) is 22.7 Å². The Morgan fingerprint density at radius 3 is 2.41 bits per heavy atom. The minimum atomic E-state index is -0.508. The Hall–Kier alpha value is -2.95. The quantitative estimate of drug-likeness (QED) is 0.277. The van der Waals surface area contributed by atoms with E-state index < -0.39 is 10.9 Å². The molecule has 0 heterocycles. The highest BCUT2D eigenvalue weighted by Crippen LogP contribution is 2.25. The Kier molecular flexibility index (Phi) is 5.03. The first-order valence-corrected chi connectivity index (χ1v) is 6.81. The fraction of sp³-hybridized carbons (Fsp3) is 0.118. The van der Waals surface area contributed by atoms with Crippen LogP contribution < -0.4 is 0 Å². The molecule has 2 aromatic carbocycles. The molecule has 0 fully saturated rings. The second-order valence-corrected chi connectivity index (χ2v) is 4.46. The van der Waals surface area contributed by atoms with E-state index in [4.69, 9.17) is 4.74 Å². The smallest absolute Gasteiger partial charge is 0.338 e. The van der Waals surface area contributed by atoms with Gasteiger partial charge in [-0.05, 0) is 24.6 Å². The lowest BCUT2D eigenvalue weighted by Gasteiger charge is -2.07. The van der Waals surface area contributed by atoms with Crippen molar-refractivity contribution < 1.29 is 14.5 Å². The molecule has 0 amide bonds. The number of hydrogen-bond donors (Lipinski definition) is 0. The van der Waals surface area contributed by atoms with Crippen LogP contribution in [0.2, 0.25) is 0 Å². The van der Waals surface area contributed by atoms with Crippen LogP contribution in [-0.2, 0) is 9.53 Å². The Morgan fingerprint density at radius 2 is 1.77 bits per heavy atom. The summed E-state index contributed by atoms with van der Waals surface area (Å²) >= 11 is 0. The molecule has 112 valence electrons. The molecule has 0 atom stereocenters. The van der Waals surface area contributed by atoms with Gasteiger partial charge in [-0.3, -0.25) is 10.1 Å². The topological polar surface area (TPSA) is 69.4 Å². The maximum Gasteiger partial charge on any atom is 0.338 e. The minimum absolute atomic E-state index is 0.0553. The molecule has 0 saturated carbocycles. The minimum Gasteiger partial charge on any atom is -0.462 e. The van der Waals surface area contributed by atoms with Crippen molar-refractivity contribution in [3.8, 4) is 0 Å². The fourth-order valence-electron chi connectivity index (χ4n) is 2.02. The number of esters is 1. The van der Waals surface area contributed by atoms with E-state index in [9.17, 15) is 14.9 Å². The molecule has 0 aliphatic carbocycles. The third kappa shape index (κ3) is 3.58. The molecule has 0 spiro atoms. The number of rotatable bonds is 5. The van der Waals surface area contributed by atoms with Crippen LogP contribution in [0.4, 0.5) is 5.69 Å². The van der Waals surface area contributed by atoms with Gasteiger partial charge in [-0.2, -0.15) is 0 Å². The van der Waals surface area contributed by atoms with E-state index in [0.29, 0.717) is 11.1 Å². The molecule has 5 nitrogen and oxygen atoms in total. The van der Waals surface area contributed by atoms with Crippen molar-refractivity contribution in [3.63, 3.8) is 0 Å². The van der Waals surface area contributed by atoms with Gasteiger partial charge in [0.2, 0.25) is 0 Å². The van der Waals surface area contributed by atoms with Crippen molar-refractivity contribution in [1.82, 2.24) is 0 Å². The summed E-state index contributed by atoms with van der Waals surface area (Å²) in [4.78, 5) is 22.8. The molecule has 0 saturated heterocycles. The van der Waals surface area contributed by atoms with Gasteiger partial charge in [-0.1, -0.05) is 42.5 Å². The van der Waals surface area contributed by atoms with Gasteiger partial charge in [0.1, 0.15) is 0 Å². The van der Waals surface area contributed by atoms with Gasteiger partial charge in [-0.25, -0.2) is 4.79 Å². The Labute approximate surface area is 128 Å². The second kappa shape index (κ2) is 7.17. The number of benzene rings is 2. The molecule has 22 heavy (non-hydrogen) atoms. The largest absolute Gasteiger partial charge is 0.462 e. The van der Waals surface area contributed by atoms with Gasteiger partial charge in [-0.15, -0.1) is 0 Å². The van der Waals surface area contributed by atoms with Crippen LogP contribution in [0.15, 0.2) is 54.6 Å². The summed E-state index contributed by atoms with van der Waals surface area (Å²) in [6.45, 7) is 1.95. The van der Waals surface area contributed by atoms with E-state index in [0.717, 1.165) is 0 Å². The molecular weight excluding hydrogens is 282 g/mol. The van der Waals surface area contributed by atoms with Crippen molar-refractivity contribution in [2.75, 3.05) is 6.61 Å². The Bertz CT molecular complexity index is 708. The molecule has 0 aromatic heterocycles. The number of nitro benzene ring substituents is 1. The van der Waals surface area contributed by atoms with Crippen molar-refractivity contribution >= 4 is 23.3 Å². The number of para-hydroxylation sites is 1. The summed E-state index contributed by atoms with van der Waals surface area (Å²) in [6, 6.07) is 15.2. The van der Waals surface area contributed by atoms with Gasteiger partial charge in [0, 0.05) is 6.07 Å². The molecule has 5 heteroatoms. The second-order valence-electron chi connectivity index (χ2n) is 4.46. The van der Waals surface area contributed by atoms with Crippen LogP contribution in [0, 0.1) is 10.1 Å². The van der Waals surface area contributed by atoms with E-state index in [1.807, 2.05) is 6.07 Å². The number of carbonyl (C=O) groups excluding carboxylic acids is 1. The van der Waals surface area contributed by atoms with E-state index in [1.165, 1.54) is 12.1 Å². The average molecular weight is 297 g/mol. The highest BCUT2D eigenvalue weighted by molar-refractivity contribution is 6.21. The lowest BCUT2D eigenvalue weighted by Crippen LogP contribution is -2.07. The third-order valence-corrected chi connectivity index (χ3v) is 3.01. The molecule has 0 bridgehead atoms. The van der Waals surface area contributed by atoms with E-state index >= 15 is 0 Å². The molecule has 2 aromatic rings. The molecule has 0 unspecified atom stereocenters. The molecule has 2 rings (SSSR count). The van der Waals surface area contributed by atoms with Crippen molar-refractivity contribution in [3.05, 3.63) is 75.8 Å². The fourth-order valence-corrected chi connectivity index (χ4v) is 2.02. The first-order chi connectivity index (χ1) is 10.6. The normalized spacial score (nSPS) is 11.0. The predicted octanol–water partition coefficient (Wildman–Crippen LogP) is 3.70. The maximum atomic E-state index is 12.2. The van der Waals surface area contributed by atoms with Gasteiger partial charge < -0.3 is 4.74 Å². The van der Waals surface area contributed by atoms with Crippen LogP contribution in [0.25, 0.3) is 11.6 Å². The van der Waals surface area contributed by atoms with Crippen molar-refractivity contribution in [1.29, 1.82) is 0 Å². The monoisotopic (exact) mass is 297 g/mol. The van der Waals surface area contributed by atoms with Crippen molar-refractivity contribution in [2.45, 2.75) is 6.92 Å². The number of nitro groups is 1. The van der Waals surface area contributed by atoms with Crippen LogP contribution in [0.1, 0.15) is 18.1 Å². The van der Waals surface area contributed by atoms with Gasteiger partial charge in [0.15, 0.2) is 0 Å². The molecule has 0 aliphatic rings. The summed E-state index contributed by atoms with van der Waals surface area (Å²) in [5.41, 5.74) is 1.25. The first kappa shape index (κ1) is 15.4. The lowest BCUT2D eigenvalue weighted by molar-refractivity contribution is -0.385. The molecule has 0 radical (unpaired) electrons. The Balaban J connectivity index is 2.54. The highest BCUT2D eigenvalue weighted by Gasteiger charge is 2.17. The standard InChI is InChI=1S/C17H15NO4/c1-2-22-17(19)15(13-8-4-3-5-9-13)12-14-10-6-7-11-16(14)18(20)21/h3-12H,2H2,1H3. The zero-order valence-electron chi connectivity index (χ0n) is 12.1. The SMILES string of the molecule is CCOC(=O)C(=Cc1ccccc1[N+](=O)[O-])c1ccccc1. The zero-order chi connectivity index (χ0) is 15.9. The molecular formula is C17H15NO4. The predicted molar refractivity (Wildman–Crippen MR) is 84.0 cm³/mol. The summed E-state index contributed by atoms with van der Waals surface area (Å²) in [5, 5.41) is 11.1. The summed E-state index contributed by atoms with van der Waals surface area (Å²) in [7, 11) is 0. The van der Waals surface area contributed by atoms with E-state index in [-0.39, 0.29) is 17.9 Å². The zero-order valence-corrected chi connectivity index (χ0v) is 12.1. The average Bonchev–Trinajstić information content (AvgIpc) is 2.53. The number of hydrogen-bond acceptors (Lipinski definition) is 4. The lowest BCUT2D eigenvalue weighted by atomic mass is 10.0. The van der Waals surface area contributed by atoms with Crippen LogP contribution >= 0.6 is 0 Å². The molecule has 0 N–H and O–H groups in total. The van der Waals surface area contributed by atoms with Gasteiger partial charge in [0.25, 0.3) is 5.69 Å². The third-order valence-electron chi connectivity index (χ3n) is 3.01. The van der Waals surface area contributed by atoms with Crippen LogP contribution in [0.3, 0.4) is 0 Å². The maximum absolute atomic E-state index is 12.2. The summed E-state index contributed by atoms with van der Waals surface area (Å²) < 4.78 is 5.05. The molecule has 0 aliphatic heterocycles. The first-order valence-electron chi connectivity index (χ1n) is 6.81. The number of nitrogens with zero attached hydrogens (tertiary/aromatic N) is 1.